The van der Waals surface area contributed by atoms with E-state index in [2.05, 4.69) is 20.9 Å². The van der Waals surface area contributed by atoms with Gasteiger partial charge in [-0.2, -0.15) is 9.40 Å². The van der Waals surface area contributed by atoms with E-state index in [4.69, 9.17) is 4.52 Å². The molecule has 3 heterocycles. The highest BCUT2D eigenvalue weighted by Gasteiger charge is 2.35. The molecule has 2 aromatic rings. The lowest BCUT2D eigenvalue weighted by Gasteiger charge is -2.30. The van der Waals surface area contributed by atoms with Gasteiger partial charge in [0, 0.05) is 31.2 Å². The molecule has 1 saturated carbocycles. The topological polar surface area (TPSA) is 139 Å². The summed E-state index contributed by atoms with van der Waals surface area (Å²) in [5.41, 5.74) is 0.848. The minimum atomic E-state index is -3.71. The summed E-state index contributed by atoms with van der Waals surface area (Å²) in [5.74, 6) is -0.314. The zero-order chi connectivity index (χ0) is 23.6. The van der Waals surface area contributed by atoms with Gasteiger partial charge in [0.1, 0.15) is 17.1 Å². The van der Waals surface area contributed by atoms with Gasteiger partial charge < -0.3 is 15.2 Å². The van der Waals surface area contributed by atoms with E-state index >= 15 is 0 Å². The number of nitrogens with zero attached hydrogens (tertiary/aromatic N) is 4. The smallest absolute Gasteiger partial charge is 0.248 e. The third-order valence-corrected chi connectivity index (χ3v) is 8.46. The number of amides is 2. The molecular weight excluding hydrogens is 448 g/mol. The fourth-order valence-corrected chi connectivity index (χ4v) is 6.34. The Morgan fingerprint density at radius 1 is 1.15 bits per heavy atom. The number of rotatable bonds is 7. The highest BCUT2D eigenvalue weighted by molar-refractivity contribution is 7.89. The fourth-order valence-electron chi connectivity index (χ4n) is 4.58. The first-order chi connectivity index (χ1) is 15.7. The van der Waals surface area contributed by atoms with E-state index in [1.807, 2.05) is 0 Å². The van der Waals surface area contributed by atoms with Crippen molar-refractivity contribution in [3.05, 3.63) is 23.8 Å². The van der Waals surface area contributed by atoms with Crippen LogP contribution in [0.5, 0.6) is 0 Å². The SMILES string of the molecule is Cc1noc(C)c1S(=O)(=O)N1CCC(C(=O)Nc2cnn(CC(=O)NC3CCCC3)c2)CC1. The zero-order valence-corrected chi connectivity index (χ0v) is 19.7. The molecule has 0 aromatic carbocycles. The van der Waals surface area contributed by atoms with Crippen LogP contribution in [0.2, 0.25) is 0 Å². The van der Waals surface area contributed by atoms with E-state index < -0.39 is 10.0 Å². The van der Waals surface area contributed by atoms with Crippen LogP contribution in [0.4, 0.5) is 5.69 Å². The van der Waals surface area contributed by atoms with Gasteiger partial charge in [0.2, 0.25) is 21.8 Å². The second kappa shape index (κ2) is 9.64. The van der Waals surface area contributed by atoms with Gasteiger partial charge in [-0.3, -0.25) is 14.3 Å². The standard InChI is InChI=1S/C21H30N6O5S/c1-14-20(15(2)32-25-14)33(30,31)27-9-7-16(8-10-27)21(29)24-18-11-22-26(12-18)13-19(28)23-17-5-3-4-6-17/h11-12,16-17H,3-10,13H2,1-2H3,(H,23,28)(H,24,29). The van der Waals surface area contributed by atoms with Crippen LogP contribution in [0.3, 0.4) is 0 Å². The Morgan fingerprint density at radius 3 is 2.48 bits per heavy atom. The van der Waals surface area contributed by atoms with Crippen molar-refractivity contribution in [2.45, 2.75) is 69.9 Å². The molecule has 2 amide bonds. The van der Waals surface area contributed by atoms with Gasteiger partial charge >= 0.3 is 0 Å². The zero-order valence-electron chi connectivity index (χ0n) is 18.9. The minimum absolute atomic E-state index is 0.0882. The highest BCUT2D eigenvalue weighted by Crippen LogP contribution is 2.28. The second-order valence-electron chi connectivity index (χ2n) is 8.80. The quantitative estimate of drug-likeness (QED) is 0.616. The number of nitrogens with one attached hydrogen (secondary N) is 2. The summed E-state index contributed by atoms with van der Waals surface area (Å²) in [4.78, 5) is 25.0. The van der Waals surface area contributed by atoms with Crippen molar-refractivity contribution in [2.24, 2.45) is 5.92 Å². The molecule has 1 aliphatic heterocycles. The molecule has 2 fully saturated rings. The van der Waals surface area contributed by atoms with Crippen LogP contribution in [-0.2, 0) is 26.2 Å². The van der Waals surface area contributed by atoms with E-state index in [9.17, 15) is 18.0 Å². The predicted octanol–water partition coefficient (Wildman–Crippen LogP) is 1.59. The van der Waals surface area contributed by atoms with Crippen molar-refractivity contribution in [1.82, 2.24) is 24.6 Å². The molecule has 0 unspecified atom stereocenters. The Labute approximate surface area is 192 Å². The molecule has 180 valence electrons. The van der Waals surface area contributed by atoms with Crippen molar-refractivity contribution < 1.29 is 22.5 Å². The number of carbonyl (C=O) groups is 2. The minimum Gasteiger partial charge on any atom is -0.360 e. The van der Waals surface area contributed by atoms with Crippen LogP contribution < -0.4 is 10.6 Å². The average molecular weight is 479 g/mol. The number of sulfonamides is 1. The monoisotopic (exact) mass is 478 g/mol. The Kier molecular flexibility index (Phi) is 6.84. The Hall–Kier alpha value is -2.73. The van der Waals surface area contributed by atoms with Crippen LogP contribution in [0.1, 0.15) is 50.0 Å². The number of hydrogen-bond acceptors (Lipinski definition) is 7. The van der Waals surface area contributed by atoms with E-state index in [-0.39, 0.29) is 54.1 Å². The Balaban J connectivity index is 1.28. The lowest BCUT2D eigenvalue weighted by atomic mass is 9.97. The predicted molar refractivity (Wildman–Crippen MR) is 119 cm³/mol. The van der Waals surface area contributed by atoms with E-state index in [0.29, 0.717) is 24.2 Å². The summed E-state index contributed by atoms with van der Waals surface area (Å²) < 4.78 is 33.8. The third-order valence-electron chi connectivity index (χ3n) is 6.32. The van der Waals surface area contributed by atoms with Crippen LogP contribution in [0.15, 0.2) is 21.8 Å². The average Bonchev–Trinajstić information content (AvgIpc) is 3.51. The maximum atomic E-state index is 12.9. The highest BCUT2D eigenvalue weighted by atomic mass is 32.2. The first-order valence-corrected chi connectivity index (χ1v) is 12.7. The van der Waals surface area contributed by atoms with E-state index in [0.717, 1.165) is 25.7 Å². The molecule has 2 aliphatic rings. The Morgan fingerprint density at radius 2 is 1.85 bits per heavy atom. The van der Waals surface area contributed by atoms with Crippen molar-refractivity contribution in [3.8, 4) is 0 Å². The van der Waals surface area contributed by atoms with Gasteiger partial charge in [-0.25, -0.2) is 8.42 Å². The number of aryl methyl sites for hydroxylation is 2. The molecule has 11 nitrogen and oxygen atoms in total. The molecule has 2 aromatic heterocycles. The first kappa shape index (κ1) is 23.4. The maximum Gasteiger partial charge on any atom is 0.248 e. The van der Waals surface area contributed by atoms with Crippen molar-refractivity contribution in [2.75, 3.05) is 18.4 Å². The molecule has 33 heavy (non-hydrogen) atoms. The van der Waals surface area contributed by atoms with Gasteiger partial charge in [-0.05, 0) is 39.5 Å². The summed E-state index contributed by atoms with van der Waals surface area (Å²) in [5, 5.41) is 13.7. The van der Waals surface area contributed by atoms with Crippen LogP contribution in [-0.4, -0.2) is 58.6 Å². The maximum absolute atomic E-state index is 12.9. The van der Waals surface area contributed by atoms with E-state index in [1.54, 1.807) is 20.0 Å². The lowest BCUT2D eigenvalue weighted by Crippen LogP contribution is -2.41. The van der Waals surface area contributed by atoms with E-state index in [1.165, 1.54) is 15.2 Å². The summed E-state index contributed by atoms with van der Waals surface area (Å²) in [7, 11) is -3.71. The van der Waals surface area contributed by atoms with Gasteiger partial charge in [-0.1, -0.05) is 18.0 Å². The molecule has 0 bridgehead atoms. The molecule has 0 atom stereocenters. The summed E-state index contributed by atoms with van der Waals surface area (Å²) in [6.45, 7) is 3.76. The van der Waals surface area contributed by atoms with Crippen molar-refractivity contribution in [1.29, 1.82) is 0 Å². The summed E-state index contributed by atoms with van der Waals surface area (Å²) >= 11 is 0. The third kappa shape index (κ3) is 5.27. The first-order valence-electron chi connectivity index (χ1n) is 11.3. The summed E-state index contributed by atoms with van der Waals surface area (Å²) in [6, 6.07) is 0.250. The van der Waals surface area contributed by atoms with Crippen molar-refractivity contribution in [3.63, 3.8) is 0 Å². The van der Waals surface area contributed by atoms with Gasteiger partial charge in [0.05, 0.1) is 11.9 Å². The number of aromatic nitrogens is 3. The lowest BCUT2D eigenvalue weighted by molar-refractivity contribution is -0.122. The fraction of sp³-hybridized carbons (Fsp3) is 0.619. The van der Waals surface area contributed by atoms with Crippen LogP contribution in [0, 0.1) is 19.8 Å². The normalized spacial score (nSPS) is 18.5. The van der Waals surface area contributed by atoms with Gasteiger partial charge in [0.25, 0.3) is 0 Å². The van der Waals surface area contributed by atoms with Crippen molar-refractivity contribution >= 4 is 27.5 Å². The molecule has 2 N–H and O–H groups in total. The van der Waals surface area contributed by atoms with Gasteiger partial charge in [0.15, 0.2) is 5.76 Å². The summed E-state index contributed by atoms with van der Waals surface area (Å²) in [6.07, 6.45) is 8.29. The molecule has 1 aliphatic carbocycles. The molecule has 0 spiro atoms. The number of piperidine rings is 1. The molecule has 0 radical (unpaired) electrons. The Bertz CT molecular complexity index is 1090. The molecule has 1 saturated heterocycles. The second-order valence-corrected chi connectivity index (χ2v) is 10.7. The van der Waals surface area contributed by atoms with Crippen LogP contribution in [0.25, 0.3) is 0 Å². The largest absolute Gasteiger partial charge is 0.360 e. The number of hydrogen-bond donors (Lipinski definition) is 2. The molecule has 12 heteroatoms. The number of carbonyl (C=O) groups excluding carboxylic acids is 2. The molecule has 4 rings (SSSR count). The van der Waals surface area contributed by atoms with Gasteiger partial charge in [-0.15, -0.1) is 0 Å². The number of anilines is 1. The molecular formula is C21H30N6O5S. The van der Waals surface area contributed by atoms with Crippen LogP contribution >= 0.6 is 0 Å².